The Balaban J connectivity index is 2.85. The lowest BCUT2D eigenvalue weighted by molar-refractivity contribution is 0.0116. The molecule has 1 aromatic carbocycles. The Labute approximate surface area is 116 Å². The van der Waals surface area contributed by atoms with Crippen LogP contribution >= 0.6 is 0 Å². The summed E-state index contributed by atoms with van der Waals surface area (Å²) in [5.74, 6) is -0.0938. The standard InChI is InChI=1S/C16H26FNO/c1-6-18-14(10-11-16(3,4)19-5)13-9-7-8-12(2)15(13)17/h7-9,14,18H,6,10-11H2,1-5H3. The molecule has 108 valence electrons. The second-order valence-electron chi connectivity index (χ2n) is 5.59. The fraction of sp³-hybridized carbons (Fsp3) is 0.625. The molecule has 0 aromatic heterocycles. The zero-order chi connectivity index (χ0) is 14.5. The second-order valence-corrected chi connectivity index (χ2v) is 5.59. The van der Waals surface area contributed by atoms with Crippen LogP contribution in [0.3, 0.4) is 0 Å². The van der Waals surface area contributed by atoms with Crippen LogP contribution in [0.2, 0.25) is 0 Å². The normalized spacial score (nSPS) is 13.6. The van der Waals surface area contributed by atoms with E-state index in [4.69, 9.17) is 4.74 Å². The van der Waals surface area contributed by atoms with E-state index in [-0.39, 0.29) is 17.5 Å². The SMILES string of the molecule is CCNC(CCC(C)(C)OC)c1cccc(C)c1F. The first-order valence-corrected chi connectivity index (χ1v) is 6.95. The number of benzene rings is 1. The highest BCUT2D eigenvalue weighted by atomic mass is 19.1. The van der Waals surface area contributed by atoms with Crippen LogP contribution < -0.4 is 5.32 Å². The summed E-state index contributed by atoms with van der Waals surface area (Å²) in [6.07, 6.45) is 1.74. The molecule has 0 aliphatic heterocycles. The molecule has 0 amide bonds. The number of halogens is 1. The Bertz CT molecular complexity index is 404. The summed E-state index contributed by atoms with van der Waals surface area (Å²) in [5.41, 5.74) is 1.29. The van der Waals surface area contributed by atoms with Crippen LogP contribution in [0.15, 0.2) is 18.2 Å². The minimum absolute atomic E-state index is 0.0410. The molecule has 1 atom stereocenters. The fourth-order valence-corrected chi connectivity index (χ4v) is 2.15. The topological polar surface area (TPSA) is 21.3 Å². The van der Waals surface area contributed by atoms with Gasteiger partial charge in [-0.2, -0.15) is 0 Å². The van der Waals surface area contributed by atoms with Crippen molar-refractivity contribution in [3.63, 3.8) is 0 Å². The van der Waals surface area contributed by atoms with Gasteiger partial charge in [-0.05, 0) is 45.7 Å². The van der Waals surface area contributed by atoms with Crippen LogP contribution in [0.5, 0.6) is 0 Å². The second kappa shape index (κ2) is 7.01. The van der Waals surface area contributed by atoms with Crippen molar-refractivity contribution >= 4 is 0 Å². The molecule has 0 saturated carbocycles. The highest BCUT2D eigenvalue weighted by molar-refractivity contribution is 5.27. The fourth-order valence-electron chi connectivity index (χ4n) is 2.15. The summed E-state index contributed by atoms with van der Waals surface area (Å²) in [6, 6.07) is 5.63. The van der Waals surface area contributed by atoms with E-state index in [1.165, 1.54) is 0 Å². The smallest absolute Gasteiger partial charge is 0.130 e. The Morgan fingerprint density at radius 2 is 2.05 bits per heavy atom. The molecule has 0 spiro atoms. The largest absolute Gasteiger partial charge is 0.379 e. The Morgan fingerprint density at radius 1 is 1.37 bits per heavy atom. The summed E-state index contributed by atoms with van der Waals surface area (Å²) in [5, 5.41) is 3.37. The lowest BCUT2D eigenvalue weighted by atomic mass is 9.93. The van der Waals surface area contributed by atoms with E-state index >= 15 is 0 Å². The number of rotatable bonds is 7. The van der Waals surface area contributed by atoms with Gasteiger partial charge in [0.2, 0.25) is 0 Å². The molecule has 0 saturated heterocycles. The van der Waals surface area contributed by atoms with Gasteiger partial charge in [0.25, 0.3) is 0 Å². The van der Waals surface area contributed by atoms with E-state index in [2.05, 4.69) is 19.2 Å². The average molecular weight is 267 g/mol. The lowest BCUT2D eigenvalue weighted by Crippen LogP contribution is -2.28. The van der Waals surface area contributed by atoms with Gasteiger partial charge < -0.3 is 10.1 Å². The minimum atomic E-state index is -0.173. The van der Waals surface area contributed by atoms with Gasteiger partial charge >= 0.3 is 0 Å². The van der Waals surface area contributed by atoms with Gasteiger partial charge in [0.1, 0.15) is 5.82 Å². The Morgan fingerprint density at radius 3 is 2.63 bits per heavy atom. The van der Waals surface area contributed by atoms with E-state index in [1.807, 2.05) is 19.1 Å². The van der Waals surface area contributed by atoms with E-state index in [1.54, 1.807) is 20.1 Å². The first kappa shape index (κ1) is 16.1. The number of methoxy groups -OCH3 is 1. The first-order chi connectivity index (χ1) is 8.91. The highest BCUT2D eigenvalue weighted by Gasteiger charge is 2.21. The quantitative estimate of drug-likeness (QED) is 0.806. The zero-order valence-electron chi connectivity index (χ0n) is 12.7. The molecule has 19 heavy (non-hydrogen) atoms. The summed E-state index contributed by atoms with van der Waals surface area (Å²) < 4.78 is 19.6. The predicted molar refractivity (Wildman–Crippen MR) is 77.9 cm³/mol. The monoisotopic (exact) mass is 267 g/mol. The molecule has 1 unspecified atom stereocenters. The number of hydrogen-bond donors (Lipinski definition) is 1. The molecular weight excluding hydrogens is 241 g/mol. The van der Waals surface area contributed by atoms with Crippen molar-refractivity contribution in [2.45, 2.75) is 52.2 Å². The van der Waals surface area contributed by atoms with Crippen LogP contribution in [0.1, 0.15) is 50.8 Å². The lowest BCUT2D eigenvalue weighted by Gasteiger charge is -2.27. The third-order valence-corrected chi connectivity index (χ3v) is 3.64. The molecule has 0 aliphatic rings. The first-order valence-electron chi connectivity index (χ1n) is 6.95. The average Bonchev–Trinajstić information content (AvgIpc) is 2.38. The van der Waals surface area contributed by atoms with Crippen molar-refractivity contribution in [1.29, 1.82) is 0 Å². The summed E-state index contributed by atoms with van der Waals surface area (Å²) in [7, 11) is 1.72. The number of ether oxygens (including phenoxy) is 1. The van der Waals surface area contributed by atoms with Gasteiger partial charge in [-0.25, -0.2) is 4.39 Å². The van der Waals surface area contributed by atoms with Crippen molar-refractivity contribution in [2.24, 2.45) is 0 Å². The molecule has 1 N–H and O–H groups in total. The number of aryl methyl sites for hydroxylation is 1. The number of nitrogens with one attached hydrogen (secondary N) is 1. The molecule has 1 rings (SSSR count). The molecular formula is C16H26FNO. The van der Waals surface area contributed by atoms with Crippen LogP contribution in [0.4, 0.5) is 4.39 Å². The molecule has 0 bridgehead atoms. The highest BCUT2D eigenvalue weighted by Crippen LogP contribution is 2.27. The summed E-state index contributed by atoms with van der Waals surface area (Å²) in [4.78, 5) is 0. The molecule has 1 aromatic rings. The predicted octanol–water partition coefficient (Wildman–Crippen LogP) is 3.99. The van der Waals surface area contributed by atoms with Crippen LogP contribution in [-0.4, -0.2) is 19.3 Å². The van der Waals surface area contributed by atoms with Crippen LogP contribution in [0.25, 0.3) is 0 Å². The van der Waals surface area contributed by atoms with Gasteiger partial charge in [0, 0.05) is 18.7 Å². The van der Waals surface area contributed by atoms with Crippen molar-refractivity contribution in [3.8, 4) is 0 Å². The zero-order valence-corrected chi connectivity index (χ0v) is 12.7. The molecule has 0 radical (unpaired) electrons. The van der Waals surface area contributed by atoms with E-state index < -0.39 is 0 Å². The van der Waals surface area contributed by atoms with E-state index in [0.717, 1.165) is 24.9 Å². The molecule has 0 heterocycles. The van der Waals surface area contributed by atoms with Crippen molar-refractivity contribution in [2.75, 3.05) is 13.7 Å². The van der Waals surface area contributed by atoms with Gasteiger partial charge in [-0.1, -0.05) is 25.1 Å². The number of hydrogen-bond acceptors (Lipinski definition) is 2. The van der Waals surface area contributed by atoms with Crippen molar-refractivity contribution in [1.82, 2.24) is 5.32 Å². The summed E-state index contributed by atoms with van der Waals surface area (Å²) in [6.45, 7) is 8.79. The maximum absolute atomic E-state index is 14.2. The van der Waals surface area contributed by atoms with E-state index in [9.17, 15) is 4.39 Å². The maximum atomic E-state index is 14.2. The third kappa shape index (κ3) is 4.59. The Kier molecular flexibility index (Phi) is 5.95. The van der Waals surface area contributed by atoms with Gasteiger partial charge in [0.15, 0.2) is 0 Å². The van der Waals surface area contributed by atoms with Crippen molar-refractivity contribution in [3.05, 3.63) is 35.1 Å². The summed E-state index contributed by atoms with van der Waals surface area (Å²) >= 11 is 0. The minimum Gasteiger partial charge on any atom is -0.379 e. The molecule has 3 heteroatoms. The van der Waals surface area contributed by atoms with E-state index in [0.29, 0.717) is 5.56 Å². The molecule has 0 fully saturated rings. The molecule has 0 aliphatic carbocycles. The van der Waals surface area contributed by atoms with Gasteiger partial charge in [-0.15, -0.1) is 0 Å². The third-order valence-electron chi connectivity index (χ3n) is 3.64. The Hall–Kier alpha value is -0.930. The maximum Gasteiger partial charge on any atom is 0.130 e. The molecule has 2 nitrogen and oxygen atoms in total. The van der Waals surface area contributed by atoms with Gasteiger partial charge in [0.05, 0.1) is 5.60 Å². The van der Waals surface area contributed by atoms with Crippen LogP contribution in [0, 0.1) is 12.7 Å². The van der Waals surface area contributed by atoms with Crippen LogP contribution in [-0.2, 0) is 4.74 Å². The van der Waals surface area contributed by atoms with Gasteiger partial charge in [-0.3, -0.25) is 0 Å². The van der Waals surface area contributed by atoms with Crippen molar-refractivity contribution < 1.29 is 9.13 Å².